The van der Waals surface area contributed by atoms with Crippen LogP contribution in [-0.2, 0) is 0 Å². The fraction of sp³-hybridized carbons (Fsp3) is 0.545. The second-order valence-corrected chi connectivity index (χ2v) is 2.89. The molecule has 0 aliphatic heterocycles. The molecule has 0 heterocycles. The SMILES string of the molecule is C=C=C(CCCCC)C(=C)C. The third-order valence-electron chi connectivity index (χ3n) is 1.76. The van der Waals surface area contributed by atoms with Crippen molar-refractivity contribution >= 4 is 0 Å². The third-order valence-corrected chi connectivity index (χ3v) is 1.76. The lowest BCUT2D eigenvalue weighted by molar-refractivity contribution is 0.716. The smallest absolute Gasteiger partial charge is 0.00433 e. The van der Waals surface area contributed by atoms with Crippen LogP contribution in [0.1, 0.15) is 39.5 Å². The maximum Gasteiger partial charge on any atom is -0.00433 e. The van der Waals surface area contributed by atoms with Gasteiger partial charge in [0.25, 0.3) is 0 Å². The molecule has 0 saturated heterocycles. The minimum Gasteiger partial charge on any atom is -0.125 e. The Labute approximate surface area is 70.3 Å². The molecule has 0 unspecified atom stereocenters. The zero-order valence-electron chi connectivity index (χ0n) is 7.74. The first kappa shape index (κ1) is 10.3. The molecule has 0 bridgehead atoms. The van der Waals surface area contributed by atoms with Gasteiger partial charge in [-0.15, -0.1) is 5.73 Å². The van der Waals surface area contributed by atoms with Crippen LogP contribution in [0.15, 0.2) is 30.0 Å². The minimum atomic E-state index is 1.09. The Morgan fingerprint density at radius 3 is 2.36 bits per heavy atom. The van der Waals surface area contributed by atoms with E-state index in [9.17, 15) is 0 Å². The molecule has 0 N–H and O–H groups in total. The van der Waals surface area contributed by atoms with Gasteiger partial charge in [0.2, 0.25) is 0 Å². The normalized spacial score (nSPS) is 8.91. The van der Waals surface area contributed by atoms with Crippen LogP contribution in [0.25, 0.3) is 0 Å². The van der Waals surface area contributed by atoms with E-state index >= 15 is 0 Å². The van der Waals surface area contributed by atoms with E-state index in [2.05, 4.69) is 25.8 Å². The van der Waals surface area contributed by atoms with Crippen molar-refractivity contribution in [2.24, 2.45) is 0 Å². The van der Waals surface area contributed by atoms with Gasteiger partial charge in [-0.2, -0.15) is 0 Å². The minimum absolute atomic E-state index is 1.09. The summed E-state index contributed by atoms with van der Waals surface area (Å²) in [5.41, 5.74) is 5.23. The Morgan fingerprint density at radius 2 is 2.00 bits per heavy atom. The van der Waals surface area contributed by atoms with Crippen molar-refractivity contribution in [3.8, 4) is 0 Å². The van der Waals surface area contributed by atoms with Gasteiger partial charge >= 0.3 is 0 Å². The summed E-state index contributed by atoms with van der Waals surface area (Å²) in [6.45, 7) is 11.7. The molecule has 0 spiro atoms. The molecule has 0 aliphatic rings. The van der Waals surface area contributed by atoms with E-state index < -0.39 is 0 Å². The molecule has 11 heavy (non-hydrogen) atoms. The fourth-order valence-electron chi connectivity index (χ4n) is 1.00. The largest absolute Gasteiger partial charge is 0.125 e. The Balaban J connectivity index is 3.73. The first-order valence-corrected chi connectivity index (χ1v) is 4.27. The maximum absolute atomic E-state index is 3.87. The highest BCUT2D eigenvalue weighted by Gasteiger charge is 1.95. The summed E-state index contributed by atoms with van der Waals surface area (Å²) < 4.78 is 0. The van der Waals surface area contributed by atoms with Crippen LogP contribution < -0.4 is 0 Å². The van der Waals surface area contributed by atoms with Crippen molar-refractivity contribution < 1.29 is 0 Å². The van der Waals surface area contributed by atoms with Crippen molar-refractivity contribution in [3.05, 3.63) is 30.0 Å². The van der Waals surface area contributed by atoms with E-state index in [0.717, 1.165) is 12.0 Å². The predicted molar refractivity (Wildman–Crippen MR) is 51.6 cm³/mol. The molecule has 0 heteroatoms. The van der Waals surface area contributed by atoms with E-state index in [1.54, 1.807) is 0 Å². The van der Waals surface area contributed by atoms with Gasteiger partial charge < -0.3 is 0 Å². The average molecular weight is 150 g/mol. The number of allylic oxidation sites excluding steroid dienone is 2. The molecular weight excluding hydrogens is 132 g/mol. The molecular formula is C11H18. The molecule has 0 rings (SSSR count). The van der Waals surface area contributed by atoms with E-state index in [4.69, 9.17) is 0 Å². The molecule has 0 amide bonds. The second kappa shape index (κ2) is 6.00. The molecule has 0 radical (unpaired) electrons. The van der Waals surface area contributed by atoms with Crippen molar-refractivity contribution in [1.29, 1.82) is 0 Å². The van der Waals surface area contributed by atoms with Crippen LogP contribution in [-0.4, -0.2) is 0 Å². The zero-order chi connectivity index (χ0) is 8.69. The van der Waals surface area contributed by atoms with Gasteiger partial charge in [-0.25, -0.2) is 0 Å². The number of hydrogen-bond donors (Lipinski definition) is 0. The van der Waals surface area contributed by atoms with E-state index in [0.29, 0.717) is 0 Å². The lowest BCUT2D eigenvalue weighted by atomic mass is 10.0. The molecule has 0 nitrogen and oxygen atoms in total. The summed E-state index contributed by atoms with van der Waals surface area (Å²) in [4.78, 5) is 0. The van der Waals surface area contributed by atoms with Gasteiger partial charge in [-0.3, -0.25) is 0 Å². The van der Waals surface area contributed by atoms with Crippen molar-refractivity contribution in [3.63, 3.8) is 0 Å². The second-order valence-electron chi connectivity index (χ2n) is 2.89. The average Bonchev–Trinajstić information content (AvgIpc) is 1.97. The van der Waals surface area contributed by atoms with Crippen LogP contribution in [0.5, 0.6) is 0 Å². The molecule has 0 aromatic rings. The zero-order valence-corrected chi connectivity index (χ0v) is 7.74. The number of hydrogen-bond acceptors (Lipinski definition) is 0. The van der Waals surface area contributed by atoms with E-state index in [1.165, 1.54) is 24.8 Å². The highest BCUT2D eigenvalue weighted by atomic mass is 14.0. The molecule has 62 valence electrons. The van der Waals surface area contributed by atoms with Crippen LogP contribution in [0, 0.1) is 0 Å². The summed E-state index contributed by atoms with van der Waals surface area (Å²) in [7, 11) is 0. The summed E-state index contributed by atoms with van der Waals surface area (Å²) in [6.07, 6.45) is 4.88. The Hall–Kier alpha value is -0.740. The van der Waals surface area contributed by atoms with Crippen molar-refractivity contribution in [2.75, 3.05) is 0 Å². The van der Waals surface area contributed by atoms with Gasteiger partial charge in [0.1, 0.15) is 0 Å². The van der Waals surface area contributed by atoms with Gasteiger partial charge in [0.05, 0.1) is 0 Å². The lowest BCUT2D eigenvalue weighted by Crippen LogP contribution is -1.83. The first-order chi connectivity index (χ1) is 5.22. The monoisotopic (exact) mass is 150 g/mol. The van der Waals surface area contributed by atoms with Crippen molar-refractivity contribution in [1.82, 2.24) is 0 Å². The topological polar surface area (TPSA) is 0 Å². The number of unbranched alkanes of at least 4 members (excludes halogenated alkanes) is 2. The van der Waals surface area contributed by atoms with Gasteiger partial charge in [-0.05, 0) is 30.9 Å². The summed E-state index contributed by atoms with van der Waals surface area (Å²) in [5.74, 6) is 0. The standard InChI is InChI=1S/C11H18/c1-5-7-8-9-11(6-2)10(3)4/h2-3,5,7-9H2,1,4H3. The summed E-state index contributed by atoms with van der Waals surface area (Å²) in [5, 5.41) is 0. The third kappa shape index (κ3) is 4.64. The predicted octanol–water partition coefficient (Wildman–Crippen LogP) is 3.85. The van der Waals surface area contributed by atoms with Crippen LogP contribution in [0.2, 0.25) is 0 Å². The lowest BCUT2D eigenvalue weighted by Gasteiger charge is -2.01. The molecule has 0 aromatic heterocycles. The first-order valence-electron chi connectivity index (χ1n) is 4.27. The van der Waals surface area contributed by atoms with E-state index in [-0.39, 0.29) is 0 Å². The maximum atomic E-state index is 3.87. The Morgan fingerprint density at radius 1 is 1.36 bits per heavy atom. The molecule has 0 atom stereocenters. The number of rotatable bonds is 5. The molecule has 0 saturated carbocycles. The van der Waals surface area contributed by atoms with Crippen LogP contribution in [0.3, 0.4) is 0 Å². The molecule has 0 aromatic carbocycles. The van der Waals surface area contributed by atoms with E-state index in [1.807, 2.05) is 6.92 Å². The molecule has 0 fully saturated rings. The quantitative estimate of drug-likeness (QED) is 0.317. The fourth-order valence-corrected chi connectivity index (χ4v) is 1.00. The molecule has 0 aliphatic carbocycles. The van der Waals surface area contributed by atoms with Gasteiger partial charge in [0.15, 0.2) is 0 Å². The van der Waals surface area contributed by atoms with Crippen LogP contribution >= 0.6 is 0 Å². The van der Waals surface area contributed by atoms with Gasteiger partial charge in [0, 0.05) is 0 Å². The summed E-state index contributed by atoms with van der Waals surface area (Å²) >= 11 is 0. The van der Waals surface area contributed by atoms with Crippen LogP contribution in [0.4, 0.5) is 0 Å². The Bertz CT molecular complexity index is 168. The Kier molecular flexibility index (Phi) is 5.60. The highest BCUT2D eigenvalue weighted by molar-refractivity contribution is 5.24. The highest BCUT2D eigenvalue weighted by Crippen LogP contribution is 2.13. The van der Waals surface area contributed by atoms with Crippen molar-refractivity contribution in [2.45, 2.75) is 39.5 Å². The summed E-state index contributed by atoms with van der Waals surface area (Å²) in [6, 6.07) is 0. The van der Waals surface area contributed by atoms with Gasteiger partial charge in [-0.1, -0.05) is 32.9 Å².